The van der Waals surface area contributed by atoms with Crippen molar-refractivity contribution in [1.82, 2.24) is 24.6 Å². The summed E-state index contributed by atoms with van der Waals surface area (Å²) in [4.78, 5) is 14.0. The summed E-state index contributed by atoms with van der Waals surface area (Å²) in [6, 6.07) is 11.4. The molecule has 0 unspecified atom stereocenters. The lowest BCUT2D eigenvalue weighted by atomic mass is 9.57. The minimum absolute atomic E-state index is 0.349. The Morgan fingerprint density at radius 1 is 1.06 bits per heavy atom. The predicted octanol–water partition coefficient (Wildman–Crippen LogP) is 2.67. The Morgan fingerprint density at radius 2 is 1.94 bits per heavy atom. The second-order valence-electron chi connectivity index (χ2n) is 10.3. The van der Waals surface area contributed by atoms with Crippen molar-refractivity contribution in [3.63, 3.8) is 0 Å². The van der Waals surface area contributed by atoms with E-state index in [-0.39, 0.29) is 5.41 Å². The molecule has 4 fully saturated rings. The van der Waals surface area contributed by atoms with Crippen LogP contribution in [-0.4, -0.2) is 70.1 Å². The Morgan fingerprint density at radius 3 is 2.79 bits per heavy atom. The number of anilines is 1. The molecule has 0 amide bonds. The van der Waals surface area contributed by atoms with Gasteiger partial charge in [0.25, 0.3) is 0 Å². The fourth-order valence-electron chi connectivity index (χ4n) is 6.19. The molecule has 4 aliphatic rings. The van der Waals surface area contributed by atoms with E-state index in [0.29, 0.717) is 11.5 Å². The summed E-state index contributed by atoms with van der Waals surface area (Å²) in [6.45, 7) is 5.51. The molecule has 1 aromatic carbocycles. The molecular weight excluding hydrogens is 414 g/mol. The van der Waals surface area contributed by atoms with E-state index in [1.807, 2.05) is 16.9 Å². The van der Waals surface area contributed by atoms with Gasteiger partial charge in [0.05, 0.1) is 42.5 Å². The molecule has 2 saturated carbocycles. The molecule has 2 aromatic heterocycles. The van der Waals surface area contributed by atoms with Crippen LogP contribution in [0.25, 0.3) is 16.7 Å². The molecule has 0 radical (unpaired) electrons. The Balaban J connectivity index is 1.21. The molecule has 7 rings (SSSR count). The van der Waals surface area contributed by atoms with E-state index in [0.717, 1.165) is 80.3 Å². The standard InChI is InChI=1S/C25H27N7O/c26-16-25(14-24(15-25)3-4-24)19-2-1-18-11-29-32(21(18)9-19)23-10-22(27-17-28-23)31-6-5-30-7-8-33-13-20(30)12-31/h1-2,9-11,17,20H,3-8,12-15H2/t20-/m1/s1. The lowest BCUT2D eigenvalue weighted by molar-refractivity contribution is -0.0117. The number of fused-ring (bicyclic) bond motifs is 2. The van der Waals surface area contributed by atoms with Crippen molar-refractivity contribution in [1.29, 1.82) is 5.26 Å². The van der Waals surface area contributed by atoms with Gasteiger partial charge < -0.3 is 9.64 Å². The van der Waals surface area contributed by atoms with Gasteiger partial charge in [0.15, 0.2) is 5.82 Å². The molecule has 0 N–H and O–H groups in total. The Hall–Kier alpha value is -3.02. The van der Waals surface area contributed by atoms with Crippen LogP contribution in [0, 0.1) is 16.7 Å². The molecule has 2 aliphatic heterocycles. The van der Waals surface area contributed by atoms with Crippen molar-refractivity contribution in [2.24, 2.45) is 5.41 Å². The molecule has 168 valence electrons. The van der Waals surface area contributed by atoms with Crippen LogP contribution in [0.3, 0.4) is 0 Å². The largest absolute Gasteiger partial charge is 0.378 e. The van der Waals surface area contributed by atoms with E-state index in [1.54, 1.807) is 6.33 Å². The van der Waals surface area contributed by atoms with Crippen molar-refractivity contribution < 1.29 is 4.74 Å². The average Bonchev–Trinajstić information content (AvgIpc) is 3.53. The molecule has 33 heavy (non-hydrogen) atoms. The molecule has 2 aliphatic carbocycles. The highest BCUT2D eigenvalue weighted by atomic mass is 16.5. The normalized spacial score (nSPS) is 25.4. The summed E-state index contributed by atoms with van der Waals surface area (Å²) in [5, 5.41) is 15.7. The van der Waals surface area contributed by atoms with E-state index >= 15 is 0 Å². The molecule has 8 heteroatoms. The van der Waals surface area contributed by atoms with Gasteiger partial charge in [-0.3, -0.25) is 4.90 Å². The highest BCUT2D eigenvalue weighted by molar-refractivity contribution is 5.81. The number of hydrogen-bond acceptors (Lipinski definition) is 7. The van der Waals surface area contributed by atoms with Crippen LogP contribution in [0.2, 0.25) is 0 Å². The number of rotatable bonds is 3. The second-order valence-corrected chi connectivity index (χ2v) is 10.3. The summed E-state index contributed by atoms with van der Waals surface area (Å²) in [7, 11) is 0. The summed E-state index contributed by atoms with van der Waals surface area (Å²) >= 11 is 0. The third-order valence-electron chi connectivity index (χ3n) is 8.27. The van der Waals surface area contributed by atoms with Gasteiger partial charge in [0.2, 0.25) is 0 Å². The second kappa shape index (κ2) is 6.99. The first-order valence-electron chi connectivity index (χ1n) is 12.0. The highest BCUT2D eigenvalue weighted by Crippen LogP contribution is 2.68. The smallest absolute Gasteiger partial charge is 0.159 e. The van der Waals surface area contributed by atoms with Gasteiger partial charge in [-0.05, 0) is 42.7 Å². The highest BCUT2D eigenvalue weighted by Gasteiger charge is 2.61. The zero-order valence-electron chi connectivity index (χ0n) is 18.7. The molecule has 1 atom stereocenters. The van der Waals surface area contributed by atoms with Gasteiger partial charge in [-0.1, -0.05) is 12.1 Å². The quantitative estimate of drug-likeness (QED) is 0.618. The fraction of sp³-hybridized carbons (Fsp3) is 0.520. The van der Waals surface area contributed by atoms with Gasteiger partial charge in [0.1, 0.15) is 12.1 Å². The Labute approximate surface area is 192 Å². The first-order valence-corrected chi connectivity index (χ1v) is 12.0. The maximum Gasteiger partial charge on any atom is 0.159 e. The maximum absolute atomic E-state index is 10.0. The number of morpholine rings is 1. The van der Waals surface area contributed by atoms with Gasteiger partial charge in [-0.2, -0.15) is 10.4 Å². The van der Waals surface area contributed by atoms with Gasteiger partial charge in [-0.25, -0.2) is 14.6 Å². The summed E-state index contributed by atoms with van der Waals surface area (Å²) in [6.07, 6.45) is 8.05. The summed E-state index contributed by atoms with van der Waals surface area (Å²) in [5.74, 6) is 1.68. The van der Waals surface area contributed by atoms with E-state index in [9.17, 15) is 5.26 Å². The van der Waals surface area contributed by atoms with Crippen LogP contribution < -0.4 is 4.90 Å². The third kappa shape index (κ3) is 3.06. The number of piperazine rings is 1. The Kier molecular flexibility index (Phi) is 4.12. The number of hydrogen-bond donors (Lipinski definition) is 0. The zero-order chi connectivity index (χ0) is 22.0. The van der Waals surface area contributed by atoms with Crippen molar-refractivity contribution in [3.05, 3.63) is 42.4 Å². The number of benzene rings is 1. The Bertz CT molecular complexity index is 1270. The predicted molar refractivity (Wildman–Crippen MR) is 123 cm³/mol. The molecule has 2 saturated heterocycles. The lowest BCUT2D eigenvalue weighted by Crippen LogP contribution is -2.58. The van der Waals surface area contributed by atoms with Gasteiger partial charge in [-0.15, -0.1) is 0 Å². The molecule has 4 heterocycles. The molecular formula is C25H27N7O. The van der Waals surface area contributed by atoms with Crippen LogP contribution in [0.4, 0.5) is 5.82 Å². The van der Waals surface area contributed by atoms with E-state index < -0.39 is 0 Å². The van der Waals surface area contributed by atoms with Crippen LogP contribution >= 0.6 is 0 Å². The van der Waals surface area contributed by atoms with Crippen molar-refractivity contribution in [3.8, 4) is 11.9 Å². The first kappa shape index (κ1) is 19.4. The van der Waals surface area contributed by atoms with Crippen LogP contribution in [0.15, 0.2) is 36.8 Å². The monoisotopic (exact) mass is 441 g/mol. The van der Waals surface area contributed by atoms with Gasteiger partial charge >= 0.3 is 0 Å². The first-order chi connectivity index (χ1) is 16.2. The zero-order valence-corrected chi connectivity index (χ0v) is 18.7. The topological polar surface area (TPSA) is 83.1 Å². The van der Waals surface area contributed by atoms with Crippen molar-refractivity contribution >= 4 is 16.7 Å². The number of aromatic nitrogens is 4. The molecule has 1 spiro atoms. The van der Waals surface area contributed by atoms with E-state index in [2.05, 4.69) is 49.1 Å². The van der Waals surface area contributed by atoms with Crippen LogP contribution in [0.1, 0.15) is 31.2 Å². The molecule has 3 aromatic rings. The average molecular weight is 442 g/mol. The van der Waals surface area contributed by atoms with Crippen LogP contribution in [0.5, 0.6) is 0 Å². The minimum atomic E-state index is -0.349. The summed E-state index contributed by atoms with van der Waals surface area (Å²) in [5.41, 5.74) is 2.21. The molecule has 8 nitrogen and oxygen atoms in total. The van der Waals surface area contributed by atoms with Crippen LogP contribution in [-0.2, 0) is 10.2 Å². The number of nitriles is 1. The summed E-state index contributed by atoms with van der Waals surface area (Å²) < 4.78 is 7.58. The number of ether oxygens (including phenoxy) is 1. The van der Waals surface area contributed by atoms with Crippen molar-refractivity contribution in [2.45, 2.75) is 37.1 Å². The minimum Gasteiger partial charge on any atom is -0.378 e. The fourth-order valence-corrected chi connectivity index (χ4v) is 6.19. The number of nitrogens with zero attached hydrogens (tertiary/aromatic N) is 7. The van der Waals surface area contributed by atoms with E-state index in [4.69, 9.17) is 4.74 Å². The molecule has 0 bridgehead atoms. The maximum atomic E-state index is 10.0. The third-order valence-corrected chi connectivity index (χ3v) is 8.27. The van der Waals surface area contributed by atoms with E-state index in [1.165, 1.54) is 12.8 Å². The van der Waals surface area contributed by atoms with Gasteiger partial charge in [0, 0.05) is 37.6 Å². The lowest BCUT2D eigenvalue weighted by Gasteiger charge is -2.44. The SMILES string of the molecule is N#CC1(c2ccc3cnn(-c4cc(N5CCN6CCOC[C@H]6C5)ncn4)c3c2)CC2(CC2)C1. The van der Waals surface area contributed by atoms with Crippen molar-refractivity contribution in [2.75, 3.05) is 44.3 Å².